The summed E-state index contributed by atoms with van der Waals surface area (Å²) in [5, 5.41) is 8.71. The fourth-order valence-corrected chi connectivity index (χ4v) is 3.36. The van der Waals surface area contributed by atoms with Gasteiger partial charge in [0.05, 0.1) is 25.5 Å². The normalized spacial score (nSPS) is 13.0. The summed E-state index contributed by atoms with van der Waals surface area (Å²) in [4.78, 5) is 10.2. The summed E-state index contributed by atoms with van der Waals surface area (Å²) < 4.78 is 7.85. The maximum absolute atomic E-state index is 5.82. The molecule has 1 atom stereocenters. The molecule has 3 rings (SSSR count). The molecular formula is C20H27N5OS. The van der Waals surface area contributed by atoms with Gasteiger partial charge in [-0.3, -0.25) is 4.40 Å². The molecule has 144 valence electrons. The molecule has 0 aliphatic carbocycles. The number of aromatic nitrogens is 2. The van der Waals surface area contributed by atoms with Crippen molar-refractivity contribution < 1.29 is 4.74 Å². The Bertz CT molecular complexity index is 814. The Balaban J connectivity index is 1.43. The number of aliphatic imine (C=N–C) groups is 1. The van der Waals surface area contributed by atoms with Crippen molar-refractivity contribution in [1.82, 2.24) is 20.0 Å². The Labute approximate surface area is 164 Å². The molecule has 1 aromatic carbocycles. The Kier molecular flexibility index (Phi) is 7.24. The second kappa shape index (κ2) is 10.1. The maximum atomic E-state index is 5.82. The van der Waals surface area contributed by atoms with E-state index < -0.39 is 0 Å². The summed E-state index contributed by atoms with van der Waals surface area (Å²) in [6, 6.07) is 10.3. The second-order valence-electron chi connectivity index (χ2n) is 6.51. The molecule has 3 aromatic rings. The first kappa shape index (κ1) is 19.4. The highest BCUT2D eigenvalue weighted by atomic mass is 32.1. The molecule has 0 aliphatic rings. The molecule has 2 aromatic heterocycles. The van der Waals surface area contributed by atoms with Crippen molar-refractivity contribution in [3.05, 3.63) is 59.4 Å². The molecule has 0 aliphatic heterocycles. The van der Waals surface area contributed by atoms with E-state index in [4.69, 9.17) is 4.74 Å². The Hall–Kier alpha value is -2.38. The number of rotatable bonds is 9. The zero-order valence-corrected chi connectivity index (χ0v) is 16.7. The van der Waals surface area contributed by atoms with Crippen LogP contribution in [-0.4, -0.2) is 35.0 Å². The highest BCUT2D eigenvalue weighted by molar-refractivity contribution is 7.15. The first-order chi connectivity index (χ1) is 13.2. The Morgan fingerprint density at radius 2 is 2.15 bits per heavy atom. The molecule has 0 radical (unpaired) electrons. The van der Waals surface area contributed by atoms with E-state index in [9.17, 15) is 0 Å². The zero-order valence-electron chi connectivity index (χ0n) is 15.9. The van der Waals surface area contributed by atoms with Crippen LogP contribution in [0.15, 0.2) is 53.1 Å². The third-order valence-corrected chi connectivity index (χ3v) is 4.79. The monoisotopic (exact) mass is 385 g/mol. The van der Waals surface area contributed by atoms with Gasteiger partial charge in [0.2, 0.25) is 0 Å². The average Bonchev–Trinajstić information content (AvgIpc) is 3.26. The fraction of sp³-hybridized carbons (Fsp3) is 0.400. The van der Waals surface area contributed by atoms with Crippen molar-refractivity contribution in [2.24, 2.45) is 10.9 Å². The number of imidazole rings is 1. The molecular weight excluding hydrogens is 358 g/mol. The zero-order chi connectivity index (χ0) is 18.9. The molecule has 0 bridgehead atoms. The molecule has 0 spiro atoms. The summed E-state index contributed by atoms with van der Waals surface area (Å²) >= 11 is 1.63. The summed E-state index contributed by atoms with van der Waals surface area (Å²) in [5.41, 5.74) is 2.17. The van der Waals surface area contributed by atoms with Crippen molar-refractivity contribution in [2.75, 3.05) is 19.7 Å². The van der Waals surface area contributed by atoms with Crippen molar-refractivity contribution in [1.29, 1.82) is 0 Å². The van der Waals surface area contributed by atoms with E-state index >= 15 is 0 Å². The number of thiazole rings is 1. The predicted octanol–water partition coefficient (Wildman–Crippen LogP) is 3.30. The Morgan fingerprint density at radius 1 is 1.30 bits per heavy atom. The second-order valence-corrected chi connectivity index (χ2v) is 7.38. The van der Waals surface area contributed by atoms with E-state index in [2.05, 4.69) is 46.6 Å². The number of ether oxygens (including phenoxy) is 1. The third-order valence-electron chi connectivity index (χ3n) is 4.02. The van der Waals surface area contributed by atoms with Crippen molar-refractivity contribution in [3.8, 4) is 0 Å². The van der Waals surface area contributed by atoms with Crippen LogP contribution in [0.2, 0.25) is 0 Å². The predicted molar refractivity (Wildman–Crippen MR) is 111 cm³/mol. The first-order valence-electron chi connectivity index (χ1n) is 9.29. The highest BCUT2D eigenvalue weighted by Crippen LogP contribution is 2.11. The lowest BCUT2D eigenvalue weighted by molar-refractivity contribution is 0.0931. The van der Waals surface area contributed by atoms with Gasteiger partial charge in [-0.05, 0) is 18.4 Å². The van der Waals surface area contributed by atoms with Crippen LogP contribution >= 0.6 is 11.3 Å². The molecule has 27 heavy (non-hydrogen) atoms. The fourth-order valence-electron chi connectivity index (χ4n) is 2.64. The van der Waals surface area contributed by atoms with E-state index in [0.717, 1.165) is 29.7 Å². The number of nitrogens with one attached hydrogen (secondary N) is 2. The van der Waals surface area contributed by atoms with Crippen molar-refractivity contribution in [2.45, 2.75) is 27.0 Å². The number of hydrogen-bond donors (Lipinski definition) is 2. The quantitative estimate of drug-likeness (QED) is 0.438. The number of hydrogen-bond acceptors (Lipinski definition) is 4. The van der Waals surface area contributed by atoms with E-state index in [1.165, 1.54) is 5.56 Å². The minimum Gasteiger partial charge on any atom is -0.376 e. The van der Waals surface area contributed by atoms with Crippen LogP contribution in [0, 0.1) is 5.92 Å². The lowest BCUT2D eigenvalue weighted by atomic mass is 10.2. The van der Waals surface area contributed by atoms with Crippen LogP contribution in [0.4, 0.5) is 0 Å². The van der Waals surface area contributed by atoms with Crippen LogP contribution in [-0.2, 0) is 17.9 Å². The van der Waals surface area contributed by atoms with Gasteiger partial charge in [-0.2, -0.15) is 0 Å². The van der Waals surface area contributed by atoms with Gasteiger partial charge in [-0.15, -0.1) is 11.3 Å². The minimum atomic E-state index is 0.385. The topological polar surface area (TPSA) is 63.0 Å². The highest BCUT2D eigenvalue weighted by Gasteiger charge is 2.06. The van der Waals surface area contributed by atoms with Gasteiger partial charge in [0, 0.05) is 30.9 Å². The average molecular weight is 386 g/mol. The van der Waals surface area contributed by atoms with Gasteiger partial charge < -0.3 is 15.4 Å². The molecule has 0 fully saturated rings. The largest absolute Gasteiger partial charge is 0.376 e. The first-order valence-corrected chi connectivity index (χ1v) is 10.2. The van der Waals surface area contributed by atoms with Crippen LogP contribution < -0.4 is 10.6 Å². The summed E-state index contributed by atoms with van der Waals surface area (Å²) in [5.74, 6) is 1.19. The van der Waals surface area contributed by atoms with E-state index in [1.54, 1.807) is 11.3 Å². The molecule has 2 N–H and O–H groups in total. The SMILES string of the molecule is CCNC(=NCc1cn2ccsc2n1)NCC(C)COCc1ccccc1. The smallest absolute Gasteiger partial charge is 0.193 e. The number of guanidine groups is 1. The number of fused-ring (bicyclic) bond motifs is 1. The van der Waals surface area contributed by atoms with Gasteiger partial charge in [0.25, 0.3) is 0 Å². The van der Waals surface area contributed by atoms with E-state index in [1.807, 2.05) is 40.4 Å². The number of benzene rings is 1. The molecule has 0 amide bonds. The van der Waals surface area contributed by atoms with Crippen LogP contribution in [0.3, 0.4) is 0 Å². The van der Waals surface area contributed by atoms with E-state index in [0.29, 0.717) is 25.7 Å². The summed E-state index contributed by atoms with van der Waals surface area (Å²) in [6.07, 6.45) is 4.04. The van der Waals surface area contributed by atoms with Gasteiger partial charge in [0.1, 0.15) is 0 Å². The van der Waals surface area contributed by atoms with Crippen LogP contribution in [0.25, 0.3) is 4.96 Å². The molecule has 0 saturated heterocycles. The van der Waals surface area contributed by atoms with Gasteiger partial charge in [-0.1, -0.05) is 37.3 Å². The molecule has 0 saturated carbocycles. The molecule has 1 unspecified atom stereocenters. The van der Waals surface area contributed by atoms with Crippen LogP contribution in [0.5, 0.6) is 0 Å². The third kappa shape index (κ3) is 6.08. The molecule has 2 heterocycles. The minimum absolute atomic E-state index is 0.385. The van der Waals surface area contributed by atoms with Crippen LogP contribution in [0.1, 0.15) is 25.1 Å². The van der Waals surface area contributed by atoms with Crippen molar-refractivity contribution in [3.63, 3.8) is 0 Å². The number of nitrogens with zero attached hydrogens (tertiary/aromatic N) is 3. The maximum Gasteiger partial charge on any atom is 0.193 e. The van der Waals surface area contributed by atoms with Gasteiger partial charge in [-0.25, -0.2) is 9.98 Å². The lowest BCUT2D eigenvalue weighted by Crippen LogP contribution is -2.40. The van der Waals surface area contributed by atoms with Gasteiger partial charge in [0.15, 0.2) is 10.9 Å². The Morgan fingerprint density at radius 3 is 2.93 bits per heavy atom. The molecule has 6 nitrogen and oxygen atoms in total. The molecule has 7 heteroatoms. The van der Waals surface area contributed by atoms with Crippen molar-refractivity contribution >= 4 is 22.3 Å². The summed E-state index contributed by atoms with van der Waals surface area (Å²) in [7, 11) is 0. The summed E-state index contributed by atoms with van der Waals surface area (Å²) in [6.45, 7) is 7.78. The standard InChI is InChI=1S/C20H27N5OS/c1-3-21-19(23-12-18-13-25-9-10-27-20(25)24-18)22-11-16(2)14-26-15-17-7-5-4-6-8-17/h4-10,13,16H,3,11-12,14-15H2,1-2H3,(H2,21,22,23). The van der Waals surface area contributed by atoms with Gasteiger partial charge >= 0.3 is 0 Å². The van der Waals surface area contributed by atoms with E-state index in [-0.39, 0.29) is 0 Å². The lowest BCUT2D eigenvalue weighted by Gasteiger charge is -2.16.